The lowest BCUT2D eigenvalue weighted by Gasteiger charge is -2.14. The molecule has 0 unspecified atom stereocenters. The van der Waals surface area contributed by atoms with Crippen molar-refractivity contribution in [3.63, 3.8) is 0 Å². The lowest BCUT2D eigenvalue weighted by molar-refractivity contribution is -0.286. The molecule has 76 valence electrons. The van der Waals surface area contributed by atoms with Gasteiger partial charge in [-0.1, -0.05) is 20.3 Å². The molecule has 6 heteroatoms. The number of hydrogen-bond donors (Lipinski definition) is 0. The highest BCUT2D eigenvalue weighted by atomic mass is 19.4. The fourth-order valence-electron chi connectivity index (χ4n) is 0.0758. The predicted molar refractivity (Wildman–Crippen MR) is 32.9 cm³/mol. The summed E-state index contributed by atoms with van der Waals surface area (Å²) in [6.07, 6.45) is -4.51. The van der Waals surface area contributed by atoms with Crippen LogP contribution in [0, 0.1) is 0 Å². The summed E-state index contributed by atoms with van der Waals surface area (Å²) in [6, 6.07) is 0. The summed E-state index contributed by atoms with van der Waals surface area (Å²) in [5.41, 5.74) is 0. The zero-order valence-electron chi connectivity index (χ0n) is 6.68. The summed E-state index contributed by atoms with van der Waals surface area (Å²) in [6.45, 7) is 1.55. The fraction of sp³-hybridized carbons (Fsp3) is 1.00. The van der Waals surface area contributed by atoms with Crippen LogP contribution in [0.1, 0.15) is 20.3 Å². The van der Waals surface area contributed by atoms with Crippen LogP contribution in [0.4, 0.5) is 26.3 Å². The summed E-state index contributed by atoms with van der Waals surface area (Å²) in [4.78, 5) is 0. The van der Waals surface area contributed by atoms with Crippen LogP contribution in [0.3, 0.4) is 0 Å². The average Bonchev–Trinajstić information content (AvgIpc) is 1.87. The first-order valence-electron chi connectivity index (χ1n) is 3.23. The van der Waals surface area contributed by atoms with Crippen molar-refractivity contribution >= 4 is 0 Å². The molecule has 0 aromatic heterocycles. The lowest BCUT2D eigenvalue weighted by Crippen LogP contribution is -2.38. The molecule has 0 aliphatic heterocycles. The Morgan fingerprint density at radius 2 is 1.17 bits per heavy atom. The first-order chi connectivity index (χ1) is 5.22. The van der Waals surface area contributed by atoms with Crippen molar-refractivity contribution in [1.82, 2.24) is 0 Å². The van der Waals surface area contributed by atoms with E-state index in [1.165, 1.54) is 6.42 Å². The van der Waals surface area contributed by atoms with Gasteiger partial charge in [0.1, 0.15) is 0 Å². The minimum Gasteiger partial charge on any atom is -0.244 e. The highest BCUT2D eigenvalue weighted by Crippen LogP contribution is 2.35. The van der Waals surface area contributed by atoms with Gasteiger partial charge >= 0.3 is 12.1 Å². The second kappa shape index (κ2) is 5.27. The Kier molecular flexibility index (Phi) is 6.20. The topological polar surface area (TPSA) is 0 Å². The van der Waals surface area contributed by atoms with E-state index in [0.717, 1.165) is 0 Å². The molecular weight excluding hydrogens is 186 g/mol. The van der Waals surface area contributed by atoms with Crippen molar-refractivity contribution in [2.45, 2.75) is 32.4 Å². The van der Waals surface area contributed by atoms with Gasteiger partial charge in [-0.2, -0.15) is 22.0 Å². The molecule has 0 aliphatic carbocycles. The van der Waals surface area contributed by atoms with Gasteiger partial charge in [0.05, 0.1) is 0 Å². The van der Waals surface area contributed by atoms with E-state index in [0.29, 0.717) is 0 Å². The molecule has 0 radical (unpaired) electrons. The van der Waals surface area contributed by atoms with E-state index in [1.54, 1.807) is 0 Å². The van der Waals surface area contributed by atoms with Crippen molar-refractivity contribution in [2.24, 2.45) is 0 Å². The van der Waals surface area contributed by atoms with Gasteiger partial charge in [0.25, 0.3) is 0 Å². The van der Waals surface area contributed by atoms with Crippen LogP contribution < -0.4 is 0 Å². The van der Waals surface area contributed by atoms with E-state index in [2.05, 4.69) is 13.8 Å². The molecule has 0 heterocycles. The van der Waals surface area contributed by atoms with Crippen LogP contribution in [-0.4, -0.2) is 18.8 Å². The molecule has 0 amide bonds. The third-order valence-electron chi connectivity index (χ3n) is 0.583. The van der Waals surface area contributed by atoms with Crippen LogP contribution in [-0.2, 0) is 0 Å². The summed E-state index contributed by atoms with van der Waals surface area (Å²) in [5, 5.41) is 0. The molecule has 0 N–H and O–H groups in total. The predicted octanol–water partition coefficient (Wildman–Crippen LogP) is 3.57. The SMILES string of the molecule is CCC.FCC(F)(F)C(F)(F)F. The molecule has 0 saturated carbocycles. The third-order valence-corrected chi connectivity index (χ3v) is 0.583. The number of hydrogen-bond acceptors (Lipinski definition) is 0. The molecule has 0 aromatic carbocycles. The van der Waals surface area contributed by atoms with Crippen molar-refractivity contribution < 1.29 is 26.3 Å². The molecule has 12 heavy (non-hydrogen) atoms. The zero-order chi connectivity index (χ0) is 10.4. The quantitative estimate of drug-likeness (QED) is 0.562. The van der Waals surface area contributed by atoms with Gasteiger partial charge in [0, 0.05) is 0 Å². The van der Waals surface area contributed by atoms with E-state index in [4.69, 9.17) is 0 Å². The first kappa shape index (κ1) is 14.1. The maximum Gasteiger partial charge on any atom is 0.456 e. The van der Waals surface area contributed by atoms with Gasteiger partial charge in [-0.25, -0.2) is 4.39 Å². The molecule has 0 aliphatic rings. The average molecular weight is 196 g/mol. The largest absolute Gasteiger partial charge is 0.456 e. The standard InChI is InChI=1S/C3H2F6.C3H8/c4-1-2(5,6)3(7,8)9;1-3-2/h1H2;3H2,1-2H3. The van der Waals surface area contributed by atoms with Crippen molar-refractivity contribution in [3.8, 4) is 0 Å². The number of rotatable bonds is 1. The molecule has 0 atom stereocenters. The minimum absolute atomic E-state index is 1.25. The molecule has 0 aromatic rings. The lowest BCUT2D eigenvalue weighted by atomic mass is 10.4. The Hall–Kier alpha value is -0.420. The van der Waals surface area contributed by atoms with Gasteiger partial charge in [-0.3, -0.25) is 0 Å². The van der Waals surface area contributed by atoms with Crippen molar-refractivity contribution in [2.75, 3.05) is 6.67 Å². The molecule has 0 spiro atoms. The fourth-order valence-corrected chi connectivity index (χ4v) is 0.0758. The summed E-state index contributed by atoms with van der Waals surface area (Å²) in [5.74, 6) is -5.19. The van der Waals surface area contributed by atoms with Gasteiger partial charge in [-0.05, 0) is 0 Å². The highest BCUT2D eigenvalue weighted by Gasteiger charge is 2.57. The maximum atomic E-state index is 11.2. The first-order valence-corrected chi connectivity index (χ1v) is 3.23. The van der Waals surface area contributed by atoms with Gasteiger partial charge in [-0.15, -0.1) is 0 Å². The Bertz CT molecular complexity index is 105. The van der Waals surface area contributed by atoms with Gasteiger partial charge < -0.3 is 0 Å². The van der Waals surface area contributed by atoms with E-state index < -0.39 is 18.8 Å². The molecule has 0 nitrogen and oxygen atoms in total. The van der Waals surface area contributed by atoms with E-state index in [-0.39, 0.29) is 0 Å². The monoisotopic (exact) mass is 196 g/mol. The van der Waals surface area contributed by atoms with Crippen LogP contribution in [0.5, 0.6) is 0 Å². The normalized spacial score (nSPS) is 12.0. The summed E-state index contributed by atoms with van der Waals surface area (Å²) < 4.78 is 65.6. The molecule has 0 rings (SSSR count). The zero-order valence-corrected chi connectivity index (χ0v) is 6.68. The van der Waals surface area contributed by atoms with Gasteiger partial charge in [0.15, 0.2) is 6.67 Å². The number of alkyl halides is 6. The Morgan fingerprint density at radius 3 is 1.17 bits per heavy atom. The maximum absolute atomic E-state index is 11.2. The minimum atomic E-state index is -5.76. The Balaban J connectivity index is 0. The molecule has 0 bridgehead atoms. The van der Waals surface area contributed by atoms with Gasteiger partial charge in [0.2, 0.25) is 0 Å². The number of halogens is 6. The smallest absolute Gasteiger partial charge is 0.244 e. The van der Waals surface area contributed by atoms with Crippen molar-refractivity contribution in [3.05, 3.63) is 0 Å². The van der Waals surface area contributed by atoms with E-state index in [1.807, 2.05) is 0 Å². The van der Waals surface area contributed by atoms with E-state index in [9.17, 15) is 26.3 Å². The Morgan fingerprint density at radius 1 is 0.917 bits per heavy atom. The van der Waals surface area contributed by atoms with Crippen molar-refractivity contribution in [1.29, 1.82) is 0 Å². The second-order valence-electron chi connectivity index (χ2n) is 2.04. The molecule has 0 saturated heterocycles. The summed E-state index contributed by atoms with van der Waals surface area (Å²) in [7, 11) is 0. The van der Waals surface area contributed by atoms with Crippen LogP contribution in [0.15, 0.2) is 0 Å². The Labute approximate surface area is 66.6 Å². The molecule has 0 fully saturated rings. The molecular formula is C6H10F6. The van der Waals surface area contributed by atoms with E-state index >= 15 is 0 Å². The highest BCUT2D eigenvalue weighted by molar-refractivity contribution is 4.73. The second-order valence-corrected chi connectivity index (χ2v) is 2.04. The summed E-state index contributed by atoms with van der Waals surface area (Å²) >= 11 is 0. The van der Waals surface area contributed by atoms with Crippen LogP contribution in [0.2, 0.25) is 0 Å². The van der Waals surface area contributed by atoms with Crippen LogP contribution in [0.25, 0.3) is 0 Å². The van der Waals surface area contributed by atoms with Crippen LogP contribution >= 0.6 is 0 Å². The third kappa shape index (κ3) is 5.26.